The van der Waals surface area contributed by atoms with Crippen LogP contribution in [0.5, 0.6) is 0 Å². The van der Waals surface area contributed by atoms with Crippen molar-refractivity contribution in [1.29, 1.82) is 0 Å². The number of amides is 1. The number of aliphatic carboxylic acids is 1. The molecule has 0 aliphatic carbocycles. The van der Waals surface area contributed by atoms with Gasteiger partial charge in [-0.3, -0.25) is 9.59 Å². The number of rotatable bonds is 6. The summed E-state index contributed by atoms with van der Waals surface area (Å²) in [6, 6.07) is -1.01. The van der Waals surface area contributed by atoms with Crippen molar-refractivity contribution in [3.63, 3.8) is 0 Å². The van der Waals surface area contributed by atoms with Crippen molar-refractivity contribution >= 4 is 29.6 Å². The molecule has 1 saturated heterocycles. The number of aliphatic hydroxyl groups is 1. The van der Waals surface area contributed by atoms with Crippen LogP contribution >= 0.6 is 11.8 Å². The highest BCUT2D eigenvalue weighted by atomic mass is 32.2. The van der Waals surface area contributed by atoms with E-state index in [9.17, 15) is 14.4 Å². The van der Waals surface area contributed by atoms with Gasteiger partial charge < -0.3 is 20.3 Å². The van der Waals surface area contributed by atoms with Gasteiger partial charge in [0.2, 0.25) is 5.91 Å². The Labute approximate surface area is 108 Å². The normalized spacial score (nSPS) is 24.4. The van der Waals surface area contributed by atoms with Gasteiger partial charge in [-0.25, -0.2) is 4.79 Å². The average Bonchev–Trinajstić information content (AvgIpc) is 2.64. The van der Waals surface area contributed by atoms with Crippen molar-refractivity contribution in [1.82, 2.24) is 5.32 Å². The molecular weight excluding hydrogens is 262 g/mol. The Balaban J connectivity index is 2.48. The summed E-state index contributed by atoms with van der Waals surface area (Å²) in [7, 11) is 0. The van der Waals surface area contributed by atoms with Gasteiger partial charge in [0, 0.05) is 12.7 Å². The number of hydrogen-bond donors (Lipinski definition) is 3. The van der Waals surface area contributed by atoms with Gasteiger partial charge >= 0.3 is 11.9 Å². The minimum atomic E-state index is -1.14. The standard InChI is InChI=1S/C10H15NO6S/c1-5(13)11-6(10(15)16)4-18-8-2-9(14)17-7(8)3-12/h6-8,12H,2-4H2,1H3,(H,11,13)(H,15,16)/t6-,7+,8-/m0/s1. The van der Waals surface area contributed by atoms with E-state index >= 15 is 0 Å². The number of cyclic esters (lactones) is 1. The molecule has 1 rings (SSSR count). The molecule has 18 heavy (non-hydrogen) atoms. The fourth-order valence-corrected chi connectivity index (χ4v) is 2.83. The second-order valence-corrected chi connectivity index (χ2v) is 5.15. The lowest BCUT2D eigenvalue weighted by atomic mass is 10.2. The smallest absolute Gasteiger partial charge is 0.327 e. The monoisotopic (exact) mass is 277 g/mol. The Hall–Kier alpha value is -1.28. The summed E-state index contributed by atoms with van der Waals surface area (Å²) < 4.78 is 4.85. The fourth-order valence-electron chi connectivity index (χ4n) is 1.55. The Morgan fingerprint density at radius 2 is 2.28 bits per heavy atom. The van der Waals surface area contributed by atoms with Crippen molar-refractivity contribution in [2.24, 2.45) is 0 Å². The molecule has 0 aromatic rings. The van der Waals surface area contributed by atoms with Crippen LogP contribution in [0.25, 0.3) is 0 Å². The first-order chi connectivity index (χ1) is 8.43. The number of ether oxygens (including phenoxy) is 1. The first kappa shape index (κ1) is 14.8. The van der Waals surface area contributed by atoms with Crippen LogP contribution in [0.15, 0.2) is 0 Å². The van der Waals surface area contributed by atoms with Crippen LogP contribution in [0, 0.1) is 0 Å². The summed E-state index contributed by atoms with van der Waals surface area (Å²) in [5, 5.41) is 19.9. The predicted octanol–water partition coefficient (Wildman–Crippen LogP) is -1.01. The molecule has 8 heteroatoms. The molecule has 1 amide bonds. The van der Waals surface area contributed by atoms with Gasteiger partial charge in [-0.2, -0.15) is 11.8 Å². The van der Waals surface area contributed by atoms with Crippen LogP contribution in [-0.2, 0) is 19.1 Å². The second-order valence-electron chi connectivity index (χ2n) is 3.88. The summed E-state index contributed by atoms with van der Waals surface area (Å²) in [5.74, 6) is -1.85. The molecule has 102 valence electrons. The number of carboxylic acid groups (broad SMARTS) is 1. The Bertz CT molecular complexity index is 347. The maximum absolute atomic E-state index is 11.0. The van der Waals surface area contributed by atoms with E-state index in [1.165, 1.54) is 18.7 Å². The van der Waals surface area contributed by atoms with E-state index in [2.05, 4.69) is 5.32 Å². The van der Waals surface area contributed by atoms with E-state index in [0.29, 0.717) is 0 Å². The fraction of sp³-hybridized carbons (Fsp3) is 0.700. The zero-order chi connectivity index (χ0) is 13.7. The van der Waals surface area contributed by atoms with Crippen LogP contribution < -0.4 is 5.32 Å². The maximum Gasteiger partial charge on any atom is 0.327 e. The second kappa shape index (κ2) is 6.60. The third-order valence-electron chi connectivity index (χ3n) is 2.40. The third kappa shape index (κ3) is 4.19. The maximum atomic E-state index is 11.0. The summed E-state index contributed by atoms with van der Waals surface area (Å²) in [6.07, 6.45) is -0.461. The van der Waals surface area contributed by atoms with Crippen LogP contribution in [0.1, 0.15) is 13.3 Å². The predicted molar refractivity (Wildman–Crippen MR) is 63.1 cm³/mol. The molecule has 7 nitrogen and oxygen atoms in total. The SMILES string of the molecule is CC(=O)N[C@@H](CS[C@H]1CC(=O)O[C@@H]1CO)C(=O)O. The highest BCUT2D eigenvalue weighted by Crippen LogP contribution is 2.27. The molecule has 0 spiro atoms. The summed E-state index contributed by atoms with van der Waals surface area (Å²) in [5.41, 5.74) is 0. The van der Waals surface area contributed by atoms with Gasteiger partial charge in [0.25, 0.3) is 0 Å². The zero-order valence-corrected chi connectivity index (χ0v) is 10.6. The minimum absolute atomic E-state index is 0.118. The Morgan fingerprint density at radius 1 is 1.61 bits per heavy atom. The van der Waals surface area contributed by atoms with Crippen LogP contribution in [0.2, 0.25) is 0 Å². The lowest BCUT2D eigenvalue weighted by Crippen LogP contribution is -2.42. The molecule has 0 saturated carbocycles. The molecule has 0 unspecified atom stereocenters. The number of hydrogen-bond acceptors (Lipinski definition) is 6. The molecule has 0 bridgehead atoms. The van der Waals surface area contributed by atoms with Gasteiger partial charge in [-0.1, -0.05) is 0 Å². The highest BCUT2D eigenvalue weighted by Gasteiger charge is 2.35. The van der Waals surface area contributed by atoms with Crippen molar-refractivity contribution < 1.29 is 29.3 Å². The van der Waals surface area contributed by atoms with E-state index in [1.807, 2.05) is 0 Å². The third-order valence-corrected chi connectivity index (χ3v) is 3.82. The molecule has 0 aromatic heterocycles. The lowest BCUT2D eigenvalue weighted by molar-refractivity contribution is -0.142. The van der Waals surface area contributed by atoms with Gasteiger partial charge in [-0.15, -0.1) is 0 Å². The van der Waals surface area contributed by atoms with Crippen LogP contribution in [0.4, 0.5) is 0 Å². The molecular formula is C10H15NO6S. The average molecular weight is 277 g/mol. The Morgan fingerprint density at radius 3 is 2.78 bits per heavy atom. The van der Waals surface area contributed by atoms with Crippen molar-refractivity contribution in [3.05, 3.63) is 0 Å². The minimum Gasteiger partial charge on any atom is -0.480 e. The number of aliphatic hydroxyl groups excluding tert-OH is 1. The van der Waals surface area contributed by atoms with Crippen LogP contribution in [0.3, 0.4) is 0 Å². The first-order valence-electron chi connectivity index (χ1n) is 5.36. The number of nitrogens with one attached hydrogen (secondary N) is 1. The van der Waals surface area contributed by atoms with Crippen molar-refractivity contribution in [2.45, 2.75) is 30.7 Å². The van der Waals surface area contributed by atoms with E-state index in [0.717, 1.165) is 0 Å². The molecule has 1 fully saturated rings. The number of carboxylic acids is 1. The number of thioether (sulfide) groups is 1. The molecule has 1 aliphatic rings. The number of carbonyl (C=O) groups is 3. The van der Waals surface area contributed by atoms with Crippen molar-refractivity contribution in [2.75, 3.05) is 12.4 Å². The van der Waals surface area contributed by atoms with E-state index < -0.39 is 30.0 Å². The first-order valence-corrected chi connectivity index (χ1v) is 6.40. The van der Waals surface area contributed by atoms with E-state index in [1.54, 1.807) is 0 Å². The van der Waals surface area contributed by atoms with E-state index in [-0.39, 0.29) is 24.0 Å². The molecule has 0 radical (unpaired) electrons. The van der Waals surface area contributed by atoms with Crippen molar-refractivity contribution in [3.8, 4) is 0 Å². The van der Waals surface area contributed by atoms with Gasteiger partial charge in [0.1, 0.15) is 12.1 Å². The molecule has 3 N–H and O–H groups in total. The lowest BCUT2D eigenvalue weighted by Gasteiger charge is -2.18. The topological polar surface area (TPSA) is 113 Å². The number of esters is 1. The highest BCUT2D eigenvalue weighted by molar-refractivity contribution is 8.00. The van der Waals surface area contributed by atoms with Gasteiger partial charge in [-0.05, 0) is 0 Å². The molecule has 3 atom stereocenters. The molecule has 1 heterocycles. The van der Waals surface area contributed by atoms with Gasteiger partial charge in [0.15, 0.2) is 0 Å². The summed E-state index contributed by atoms with van der Waals surface area (Å²) >= 11 is 1.20. The largest absolute Gasteiger partial charge is 0.480 e. The Kier molecular flexibility index (Phi) is 5.42. The molecule has 1 aliphatic heterocycles. The van der Waals surface area contributed by atoms with Crippen LogP contribution in [-0.4, -0.2) is 57.8 Å². The van der Waals surface area contributed by atoms with E-state index in [4.69, 9.17) is 14.9 Å². The number of carbonyl (C=O) groups excluding carboxylic acids is 2. The summed E-state index contributed by atoms with van der Waals surface area (Å²) in [4.78, 5) is 32.8. The quantitative estimate of drug-likeness (QED) is 0.533. The molecule has 0 aromatic carbocycles. The summed E-state index contributed by atoms with van der Waals surface area (Å²) in [6.45, 7) is 0.945. The van der Waals surface area contributed by atoms with Gasteiger partial charge in [0.05, 0.1) is 18.3 Å². The zero-order valence-electron chi connectivity index (χ0n) is 9.79.